The number of hydrogen-bond acceptors (Lipinski definition) is 6. The maximum absolute atomic E-state index is 13.0. The van der Waals surface area contributed by atoms with Gasteiger partial charge in [0.1, 0.15) is 16.5 Å². The Morgan fingerprint density at radius 1 is 1.00 bits per heavy atom. The number of ether oxygens (including phenoxy) is 2. The number of amides is 1. The van der Waals surface area contributed by atoms with Crippen LogP contribution in [0.5, 0.6) is 17.4 Å². The molecule has 1 aliphatic heterocycles. The quantitative estimate of drug-likeness (QED) is 0.209. The summed E-state index contributed by atoms with van der Waals surface area (Å²) < 4.78 is 11.7. The van der Waals surface area contributed by atoms with Crippen LogP contribution in [-0.4, -0.2) is 35.3 Å². The van der Waals surface area contributed by atoms with E-state index in [1.165, 1.54) is 11.8 Å². The summed E-state index contributed by atoms with van der Waals surface area (Å²) in [7, 11) is 1.79. The summed E-state index contributed by atoms with van der Waals surface area (Å²) >= 11 is 1.41. The van der Waals surface area contributed by atoms with E-state index < -0.39 is 0 Å². The zero-order valence-corrected chi connectivity index (χ0v) is 20.4. The van der Waals surface area contributed by atoms with Gasteiger partial charge in [-0.25, -0.2) is 4.98 Å². The molecule has 0 N–H and O–H groups in total. The Labute approximate surface area is 208 Å². The number of carbonyl (C=O) groups is 1. The van der Waals surface area contributed by atoms with Gasteiger partial charge in [0.25, 0.3) is 0 Å². The lowest BCUT2D eigenvalue weighted by molar-refractivity contribution is -0.115. The van der Waals surface area contributed by atoms with Crippen molar-refractivity contribution in [3.05, 3.63) is 90.0 Å². The molecule has 0 radical (unpaired) electrons. The number of rotatable bonds is 7. The molecule has 1 aliphatic rings. The summed E-state index contributed by atoms with van der Waals surface area (Å²) in [6.07, 6.45) is 0.653. The summed E-state index contributed by atoms with van der Waals surface area (Å²) in [5.74, 6) is 2.93. The summed E-state index contributed by atoms with van der Waals surface area (Å²) in [5, 5.41) is 0.753. The van der Waals surface area contributed by atoms with E-state index in [2.05, 4.69) is 0 Å². The Morgan fingerprint density at radius 3 is 2.51 bits per heavy atom. The molecule has 3 aromatic carbocycles. The number of carbonyl (C=O) groups excluding carboxylic acids is 1. The third kappa shape index (κ3) is 5.00. The number of benzene rings is 3. The van der Waals surface area contributed by atoms with Crippen molar-refractivity contribution >= 4 is 23.4 Å². The van der Waals surface area contributed by atoms with Gasteiger partial charge in [0.15, 0.2) is 5.82 Å². The highest BCUT2D eigenvalue weighted by Crippen LogP contribution is 2.40. The van der Waals surface area contributed by atoms with Crippen LogP contribution in [-0.2, 0) is 11.2 Å². The van der Waals surface area contributed by atoms with Crippen LogP contribution in [0.15, 0.2) is 83.9 Å². The molecule has 176 valence electrons. The second-order valence-corrected chi connectivity index (χ2v) is 9.02. The van der Waals surface area contributed by atoms with Gasteiger partial charge in [-0.15, -0.1) is 0 Å². The molecule has 0 aliphatic carbocycles. The lowest BCUT2D eigenvalue weighted by Gasteiger charge is -2.22. The molecular formula is C28H25N3O3S. The predicted octanol–water partition coefficient (Wildman–Crippen LogP) is 5.99. The van der Waals surface area contributed by atoms with Crippen molar-refractivity contribution in [1.29, 1.82) is 0 Å². The minimum atomic E-state index is -0.00620. The zero-order valence-electron chi connectivity index (χ0n) is 19.6. The van der Waals surface area contributed by atoms with Gasteiger partial charge >= 0.3 is 0 Å². The van der Waals surface area contributed by atoms with Crippen molar-refractivity contribution in [2.24, 2.45) is 0 Å². The van der Waals surface area contributed by atoms with Gasteiger partial charge in [0.05, 0.1) is 17.9 Å². The number of thioether (sulfide) groups is 1. The first-order valence-corrected chi connectivity index (χ1v) is 12.4. The molecule has 0 bridgehead atoms. The highest BCUT2D eigenvalue weighted by atomic mass is 32.2. The Bertz CT molecular complexity index is 1340. The molecule has 4 aromatic rings. The molecule has 0 saturated carbocycles. The number of anilines is 1. The van der Waals surface area contributed by atoms with Crippen molar-refractivity contribution < 1.29 is 14.3 Å². The molecule has 0 atom stereocenters. The molecule has 1 amide bonds. The third-order valence-electron chi connectivity index (χ3n) is 5.75. The van der Waals surface area contributed by atoms with E-state index in [4.69, 9.17) is 19.4 Å². The lowest BCUT2D eigenvalue weighted by Crippen LogP contribution is -2.28. The average Bonchev–Trinajstić information content (AvgIpc) is 2.91. The van der Waals surface area contributed by atoms with Gasteiger partial charge in [-0.3, -0.25) is 4.79 Å². The van der Waals surface area contributed by atoms with Gasteiger partial charge in [0, 0.05) is 24.7 Å². The molecule has 2 heterocycles. The first kappa shape index (κ1) is 22.9. The van der Waals surface area contributed by atoms with E-state index in [1.807, 2.05) is 85.8 Å². The fourth-order valence-electron chi connectivity index (χ4n) is 3.86. The van der Waals surface area contributed by atoms with Crippen LogP contribution in [0.2, 0.25) is 0 Å². The zero-order chi connectivity index (χ0) is 24.2. The number of nitrogens with zero attached hydrogens (tertiary/aromatic N) is 3. The molecule has 0 saturated heterocycles. The van der Waals surface area contributed by atoms with Crippen molar-refractivity contribution in [3.8, 4) is 28.8 Å². The van der Waals surface area contributed by atoms with Gasteiger partial charge in [-0.05, 0) is 55.0 Å². The van der Waals surface area contributed by atoms with Crippen molar-refractivity contribution in [3.63, 3.8) is 0 Å². The van der Waals surface area contributed by atoms with E-state index in [1.54, 1.807) is 11.9 Å². The maximum atomic E-state index is 13.0. The first-order valence-electron chi connectivity index (χ1n) is 11.5. The molecule has 7 heteroatoms. The van der Waals surface area contributed by atoms with Crippen molar-refractivity contribution in [1.82, 2.24) is 9.97 Å². The smallest absolute Gasteiger partial charge is 0.237 e. The van der Waals surface area contributed by atoms with E-state index in [-0.39, 0.29) is 11.7 Å². The van der Waals surface area contributed by atoms with E-state index in [0.717, 1.165) is 38.9 Å². The molecule has 35 heavy (non-hydrogen) atoms. The summed E-state index contributed by atoms with van der Waals surface area (Å²) in [5.41, 5.74) is 3.69. The van der Waals surface area contributed by atoms with Crippen LogP contribution in [0.25, 0.3) is 11.4 Å². The number of para-hydroxylation sites is 2. The first-order chi connectivity index (χ1) is 17.1. The second kappa shape index (κ2) is 10.2. The minimum absolute atomic E-state index is 0.00620. The predicted molar refractivity (Wildman–Crippen MR) is 139 cm³/mol. The van der Waals surface area contributed by atoms with Crippen molar-refractivity contribution in [2.45, 2.75) is 18.4 Å². The van der Waals surface area contributed by atoms with Crippen LogP contribution >= 0.6 is 11.8 Å². The van der Waals surface area contributed by atoms with Crippen LogP contribution in [0.3, 0.4) is 0 Å². The number of hydrogen-bond donors (Lipinski definition) is 0. The molecule has 6 nitrogen and oxygen atoms in total. The fraction of sp³-hybridized carbons (Fsp3) is 0.179. The standard InChI is InChI=1S/C28H25N3O3S/c1-3-33-22-15-13-19(14-16-22)26-29-27-23(17-20-9-7-8-12-24(20)34-27)28(30-26)35-18-25(32)31(2)21-10-5-4-6-11-21/h4-16H,3,17-18H2,1-2H3. The molecule has 5 rings (SSSR count). The molecule has 0 unspecified atom stereocenters. The van der Waals surface area contributed by atoms with Gasteiger partial charge < -0.3 is 14.4 Å². The van der Waals surface area contributed by atoms with Crippen LogP contribution < -0.4 is 14.4 Å². The van der Waals surface area contributed by atoms with Crippen LogP contribution in [0, 0.1) is 0 Å². The van der Waals surface area contributed by atoms with E-state index in [0.29, 0.717) is 24.7 Å². The largest absolute Gasteiger partial charge is 0.494 e. The number of fused-ring (bicyclic) bond motifs is 2. The van der Waals surface area contributed by atoms with E-state index in [9.17, 15) is 4.79 Å². The Hall–Kier alpha value is -3.84. The van der Waals surface area contributed by atoms with Gasteiger partial charge in [-0.2, -0.15) is 4.98 Å². The van der Waals surface area contributed by atoms with Gasteiger partial charge in [0.2, 0.25) is 11.8 Å². The monoisotopic (exact) mass is 483 g/mol. The topological polar surface area (TPSA) is 64.5 Å². The highest BCUT2D eigenvalue weighted by molar-refractivity contribution is 8.00. The minimum Gasteiger partial charge on any atom is -0.494 e. The number of aromatic nitrogens is 2. The third-order valence-corrected chi connectivity index (χ3v) is 6.75. The van der Waals surface area contributed by atoms with Crippen LogP contribution in [0.1, 0.15) is 18.1 Å². The highest BCUT2D eigenvalue weighted by Gasteiger charge is 2.25. The molecular weight excluding hydrogens is 458 g/mol. The normalized spacial score (nSPS) is 11.7. The maximum Gasteiger partial charge on any atom is 0.237 e. The van der Waals surface area contributed by atoms with E-state index >= 15 is 0 Å². The Kier molecular flexibility index (Phi) is 6.68. The van der Waals surface area contributed by atoms with Gasteiger partial charge in [-0.1, -0.05) is 48.2 Å². The molecule has 0 spiro atoms. The summed E-state index contributed by atoms with van der Waals surface area (Å²) in [6, 6.07) is 25.2. The second-order valence-electron chi connectivity index (χ2n) is 8.06. The van der Waals surface area contributed by atoms with Crippen molar-refractivity contribution in [2.75, 3.05) is 24.3 Å². The molecule has 0 fully saturated rings. The SMILES string of the molecule is CCOc1ccc(-c2nc3c(c(SCC(=O)N(C)c4ccccc4)n2)Cc2ccccc2O3)cc1. The Morgan fingerprint density at radius 2 is 1.74 bits per heavy atom. The van der Waals surface area contributed by atoms with Crippen LogP contribution in [0.4, 0.5) is 5.69 Å². The average molecular weight is 484 g/mol. The molecule has 1 aromatic heterocycles. The summed E-state index contributed by atoms with van der Waals surface area (Å²) in [6.45, 7) is 2.56. The fourth-order valence-corrected chi connectivity index (χ4v) is 4.80. The lowest BCUT2D eigenvalue weighted by atomic mass is 10.0. The Balaban J connectivity index is 1.45. The summed E-state index contributed by atoms with van der Waals surface area (Å²) in [4.78, 5) is 24.2.